The zero-order chi connectivity index (χ0) is 12.8. The van der Waals surface area contributed by atoms with Crippen molar-refractivity contribution in [3.05, 3.63) is 47.0 Å². The zero-order valence-electron chi connectivity index (χ0n) is 9.82. The van der Waals surface area contributed by atoms with E-state index in [1.807, 2.05) is 24.1 Å². The van der Waals surface area contributed by atoms with E-state index in [0.29, 0.717) is 23.6 Å². The maximum atomic E-state index is 11.0. The summed E-state index contributed by atoms with van der Waals surface area (Å²) in [5, 5.41) is 9.61. The van der Waals surface area contributed by atoms with E-state index >= 15 is 0 Å². The summed E-state index contributed by atoms with van der Waals surface area (Å²) in [4.78, 5) is 13.0. The lowest BCUT2D eigenvalue weighted by molar-refractivity contribution is 0.0695. The second-order valence-electron chi connectivity index (χ2n) is 3.97. The Kier molecular flexibility index (Phi) is 5.19. The number of likely N-dealkylation sites (N-methyl/N-ethyl adjacent to an activating group) is 1. The topological polar surface area (TPSA) is 40.5 Å². The molecule has 0 spiro atoms. The monoisotopic (exact) mass is 253 g/mol. The van der Waals surface area contributed by atoms with Gasteiger partial charge in [0.2, 0.25) is 0 Å². The summed E-state index contributed by atoms with van der Waals surface area (Å²) < 4.78 is 0. The molecular formula is C13H16ClNO2. The molecule has 1 aromatic carbocycles. The molecule has 3 nitrogen and oxygen atoms in total. The van der Waals surface area contributed by atoms with Crippen molar-refractivity contribution in [2.24, 2.45) is 0 Å². The number of halogens is 1. The maximum Gasteiger partial charge on any atom is 0.335 e. The van der Waals surface area contributed by atoms with Crippen LogP contribution in [0.5, 0.6) is 0 Å². The van der Waals surface area contributed by atoms with Crippen LogP contribution in [0.15, 0.2) is 35.9 Å². The van der Waals surface area contributed by atoms with Crippen LogP contribution in [0.3, 0.4) is 0 Å². The van der Waals surface area contributed by atoms with E-state index < -0.39 is 5.97 Å². The fourth-order valence-corrected chi connectivity index (χ4v) is 1.83. The van der Waals surface area contributed by atoms with E-state index in [0.717, 1.165) is 12.1 Å². The quantitative estimate of drug-likeness (QED) is 0.847. The number of nitrogens with zero attached hydrogens (tertiary/aromatic N) is 1. The lowest BCUT2D eigenvalue weighted by atomic mass is 10.0. The Morgan fingerprint density at radius 3 is 2.71 bits per heavy atom. The first-order chi connectivity index (χ1) is 8.00. The van der Waals surface area contributed by atoms with Gasteiger partial charge in [-0.15, -0.1) is 0 Å². The zero-order valence-corrected chi connectivity index (χ0v) is 10.6. The summed E-state index contributed by atoms with van der Waals surface area (Å²) in [6.45, 7) is 4.98. The van der Waals surface area contributed by atoms with Crippen LogP contribution in [-0.2, 0) is 6.42 Å². The third-order valence-electron chi connectivity index (χ3n) is 2.45. The number of benzene rings is 1. The fraction of sp³-hybridized carbons (Fsp3) is 0.308. The first kappa shape index (κ1) is 13.7. The molecular weight excluding hydrogens is 238 g/mol. The molecule has 0 saturated heterocycles. The molecule has 0 atom stereocenters. The summed E-state index contributed by atoms with van der Waals surface area (Å²) in [7, 11) is 1.93. The minimum Gasteiger partial charge on any atom is -0.478 e. The SMILES string of the molecule is C=C(Cl)CN(C)CCc1ccccc1C(=O)O. The van der Waals surface area contributed by atoms with E-state index in [1.54, 1.807) is 12.1 Å². The molecule has 0 amide bonds. The van der Waals surface area contributed by atoms with Crippen LogP contribution in [0.4, 0.5) is 0 Å². The number of carboxylic acids is 1. The van der Waals surface area contributed by atoms with Gasteiger partial charge in [0.25, 0.3) is 0 Å². The Labute approximate surface area is 106 Å². The van der Waals surface area contributed by atoms with Gasteiger partial charge in [-0.3, -0.25) is 0 Å². The Bertz CT molecular complexity index is 418. The molecule has 4 heteroatoms. The van der Waals surface area contributed by atoms with Crippen LogP contribution in [0.1, 0.15) is 15.9 Å². The van der Waals surface area contributed by atoms with Gasteiger partial charge in [0.05, 0.1) is 5.56 Å². The highest BCUT2D eigenvalue weighted by Gasteiger charge is 2.09. The van der Waals surface area contributed by atoms with Crippen molar-refractivity contribution < 1.29 is 9.90 Å². The van der Waals surface area contributed by atoms with Crippen LogP contribution in [0.2, 0.25) is 0 Å². The molecule has 0 aliphatic rings. The molecule has 0 aliphatic heterocycles. The van der Waals surface area contributed by atoms with Gasteiger partial charge in [0.1, 0.15) is 0 Å². The van der Waals surface area contributed by atoms with E-state index in [-0.39, 0.29) is 0 Å². The smallest absolute Gasteiger partial charge is 0.335 e. The number of carboxylic acid groups (broad SMARTS) is 1. The first-order valence-electron chi connectivity index (χ1n) is 5.33. The molecule has 0 radical (unpaired) electrons. The number of carbonyl (C=O) groups is 1. The summed E-state index contributed by atoms with van der Waals surface area (Å²) in [6, 6.07) is 7.05. The predicted molar refractivity (Wildman–Crippen MR) is 69.6 cm³/mol. The normalized spacial score (nSPS) is 10.5. The molecule has 0 fully saturated rings. The number of rotatable bonds is 6. The summed E-state index contributed by atoms with van der Waals surface area (Å²) >= 11 is 5.71. The van der Waals surface area contributed by atoms with Gasteiger partial charge in [-0.1, -0.05) is 36.4 Å². The maximum absolute atomic E-state index is 11.0. The van der Waals surface area contributed by atoms with E-state index in [2.05, 4.69) is 6.58 Å². The van der Waals surface area contributed by atoms with Gasteiger partial charge < -0.3 is 10.0 Å². The summed E-state index contributed by atoms with van der Waals surface area (Å²) in [5.41, 5.74) is 1.21. The molecule has 0 bridgehead atoms. The average Bonchev–Trinajstić information content (AvgIpc) is 2.25. The van der Waals surface area contributed by atoms with Crippen molar-refractivity contribution in [3.63, 3.8) is 0 Å². The number of aromatic carboxylic acids is 1. The van der Waals surface area contributed by atoms with Crippen molar-refractivity contribution in [2.45, 2.75) is 6.42 Å². The van der Waals surface area contributed by atoms with Crippen LogP contribution in [0, 0.1) is 0 Å². The molecule has 1 rings (SSSR count). The lowest BCUT2D eigenvalue weighted by Gasteiger charge is -2.16. The Hall–Kier alpha value is -1.32. The van der Waals surface area contributed by atoms with Crippen LogP contribution in [0.25, 0.3) is 0 Å². The van der Waals surface area contributed by atoms with E-state index in [9.17, 15) is 4.79 Å². The van der Waals surface area contributed by atoms with Crippen molar-refractivity contribution in [2.75, 3.05) is 20.1 Å². The molecule has 0 saturated carbocycles. The predicted octanol–water partition coefficient (Wildman–Crippen LogP) is 2.61. The minimum absolute atomic E-state index is 0.366. The number of hydrogen-bond acceptors (Lipinski definition) is 2. The van der Waals surface area contributed by atoms with Crippen LogP contribution >= 0.6 is 11.6 Å². The Balaban J connectivity index is 2.63. The second-order valence-corrected chi connectivity index (χ2v) is 4.50. The second kappa shape index (κ2) is 6.42. The van der Waals surface area contributed by atoms with Crippen molar-refractivity contribution in [3.8, 4) is 0 Å². The van der Waals surface area contributed by atoms with Gasteiger partial charge in [0, 0.05) is 18.1 Å². The Morgan fingerprint density at radius 2 is 2.12 bits per heavy atom. The van der Waals surface area contributed by atoms with Gasteiger partial charge in [-0.25, -0.2) is 4.79 Å². The third-order valence-corrected chi connectivity index (χ3v) is 2.57. The first-order valence-corrected chi connectivity index (χ1v) is 5.71. The Morgan fingerprint density at radius 1 is 1.47 bits per heavy atom. The molecule has 17 heavy (non-hydrogen) atoms. The molecule has 1 aromatic rings. The van der Waals surface area contributed by atoms with Crippen LogP contribution < -0.4 is 0 Å². The average molecular weight is 254 g/mol. The minimum atomic E-state index is -0.884. The highest BCUT2D eigenvalue weighted by molar-refractivity contribution is 6.29. The van der Waals surface area contributed by atoms with Crippen molar-refractivity contribution in [1.29, 1.82) is 0 Å². The van der Waals surface area contributed by atoms with Crippen molar-refractivity contribution in [1.82, 2.24) is 4.90 Å². The number of hydrogen-bond donors (Lipinski definition) is 1. The molecule has 0 aromatic heterocycles. The van der Waals surface area contributed by atoms with Crippen LogP contribution in [-0.4, -0.2) is 36.1 Å². The molecule has 92 valence electrons. The van der Waals surface area contributed by atoms with E-state index in [1.165, 1.54) is 0 Å². The highest BCUT2D eigenvalue weighted by atomic mass is 35.5. The van der Waals surface area contributed by atoms with Gasteiger partial charge in [-0.05, 0) is 25.1 Å². The third kappa shape index (κ3) is 4.59. The molecule has 1 N–H and O–H groups in total. The molecule has 0 unspecified atom stereocenters. The van der Waals surface area contributed by atoms with Crippen molar-refractivity contribution >= 4 is 17.6 Å². The highest BCUT2D eigenvalue weighted by Crippen LogP contribution is 2.10. The molecule has 0 aliphatic carbocycles. The van der Waals surface area contributed by atoms with Gasteiger partial charge in [-0.2, -0.15) is 0 Å². The van der Waals surface area contributed by atoms with Gasteiger partial charge >= 0.3 is 5.97 Å². The van der Waals surface area contributed by atoms with E-state index in [4.69, 9.17) is 16.7 Å². The van der Waals surface area contributed by atoms with Gasteiger partial charge in [0.15, 0.2) is 0 Å². The summed E-state index contributed by atoms with van der Waals surface area (Å²) in [6.07, 6.45) is 0.684. The summed E-state index contributed by atoms with van der Waals surface area (Å²) in [5.74, 6) is -0.884. The standard InChI is InChI=1S/C13H16ClNO2/c1-10(14)9-15(2)8-7-11-5-3-4-6-12(11)13(16)17/h3-6H,1,7-9H2,2H3,(H,16,17). The fourth-order valence-electron chi connectivity index (χ4n) is 1.63. The lowest BCUT2D eigenvalue weighted by Crippen LogP contribution is -2.23. The molecule has 0 heterocycles. The largest absolute Gasteiger partial charge is 0.478 e.